The Kier molecular flexibility index (Phi) is 4.68. The highest BCUT2D eigenvalue weighted by atomic mass is 19.1. The first-order valence-electron chi connectivity index (χ1n) is 6.55. The van der Waals surface area contributed by atoms with Crippen LogP contribution in [-0.4, -0.2) is 16.2 Å². The van der Waals surface area contributed by atoms with Crippen LogP contribution in [0, 0.1) is 12.7 Å². The molecule has 0 aliphatic heterocycles. The van der Waals surface area contributed by atoms with Crippen LogP contribution < -0.4 is 10.5 Å². The largest absolute Gasteiger partial charge is 0.480 e. The van der Waals surface area contributed by atoms with Crippen molar-refractivity contribution in [2.45, 2.75) is 39.3 Å². The molecule has 2 aromatic rings. The highest BCUT2D eigenvalue weighted by molar-refractivity contribution is 5.35. The first-order valence-corrected chi connectivity index (χ1v) is 6.55. The van der Waals surface area contributed by atoms with Crippen LogP contribution >= 0.6 is 0 Å². The van der Waals surface area contributed by atoms with Crippen LogP contribution in [0.3, 0.4) is 0 Å². The molecule has 1 unspecified atom stereocenters. The molecular formula is C14H18FN3O2. The lowest BCUT2D eigenvalue weighted by Crippen LogP contribution is -2.22. The fourth-order valence-electron chi connectivity index (χ4n) is 1.83. The maximum absolute atomic E-state index is 13.9. The minimum atomic E-state index is -0.415. The number of benzene rings is 1. The second kappa shape index (κ2) is 6.47. The summed E-state index contributed by atoms with van der Waals surface area (Å²) in [5.41, 5.74) is 6.66. The average molecular weight is 279 g/mol. The van der Waals surface area contributed by atoms with Gasteiger partial charge in [0.15, 0.2) is 18.2 Å². The van der Waals surface area contributed by atoms with Gasteiger partial charge in [-0.3, -0.25) is 0 Å². The van der Waals surface area contributed by atoms with Gasteiger partial charge in [-0.1, -0.05) is 19.1 Å². The van der Waals surface area contributed by atoms with Gasteiger partial charge in [0.25, 0.3) is 5.89 Å². The monoisotopic (exact) mass is 279 g/mol. The first-order chi connectivity index (χ1) is 9.60. The third-order valence-electron chi connectivity index (χ3n) is 2.96. The van der Waals surface area contributed by atoms with Crippen molar-refractivity contribution in [3.8, 4) is 5.75 Å². The standard InChI is InChI=1S/C14H18FN3O2/c1-3-11(16)7-10-5-4-6-12(15)14(10)19-8-13-18-17-9(2)20-13/h4-6,11H,3,7-8,16H2,1-2H3. The third kappa shape index (κ3) is 3.54. The van der Waals surface area contributed by atoms with Crippen LogP contribution in [0.25, 0.3) is 0 Å². The van der Waals surface area contributed by atoms with Crippen LogP contribution in [0.1, 0.15) is 30.7 Å². The summed E-state index contributed by atoms with van der Waals surface area (Å²) in [6.07, 6.45) is 1.38. The van der Waals surface area contributed by atoms with Gasteiger partial charge in [0.1, 0.15) is 0 Å². The van der Waals surface area contributed by atoms with E-state index in [1.165, 1.54) is 6.07 Å². The fourth-order valence-corrected chi connectivity index (χ4v) is 1.83. The number of hydrogen-bond donors (Lipinski definition) is 1. The quantitative estimate of drug-likeness (QED) is 0.878. The van der Waals surface area contributed by atoms with Crippen LogP contribution in [0.15, 0.2) is 22.6 Å². The number of nitrogens with zero attached hydrogens (tertiary/aromatic N) is 2. The molecule has 5 nitrogen and oxygen atoms in total. The Morgan fingerprint density at radius 3 is 2.85 bits per heavy atom. The van der Waals surface area contributed by atoms with E-state index in [1.807, 2.05) is 13.0 Å². The number of halogens is 1. The van der Waals surface area contributed by atoms with E-state index in [-0.39, 0.29) is 18.4 Å². The van der Waals surface area contributed by atoms with Crippen molar-refractivity contribution in [3.05, 3.63) is 41.4 Å². The van der Waals surface area contributed by atoms with Gasteiger partial charge in [0.2, 0.25) is 5.89 Å². The number of ether oxygens (including phenoxy) is 1. The summed E-state index contributed by atoms with van der Waals surface area (Å²) in [5, 5.41) is 7.50. The van der Waals surface area contributed by atoms with Crippen LogP contribution in [-0.2, 0) is 13.0 Å². The minimum Gasteiger partial charge on any atom is -0.480 e. The lowest BCUT2D eigenvalue weighted by Gasteiger charge is -2.14. The number of aromatic nitrogens is 2. The van der Waals surface area contributed by atoms with Gasteiger partial charge in [0, 0.05) is 13.0 Å². The molecule has 1 aromatic carbocycles. The molecule has 0 aliphatic carbocycles. The fraction of sp³-hybridized carbons (Fsp3) is 0.429. The number of rotatable bonds is 6. The van der Waals surface area contributed by atoms with Crippen LogP contribution in [0.4, 0.5) is 4.39 Å². The zero-order valence-corrected chi connectivity index (χ0v) is 11.6. The topological polar surface area (TPSA) is 74.2 Å². The van der Waals surface area contributed by atoms with Gasteiger partial charge < -0.3 is 14.9 Å². The Labute approximate surface area is 116 Å². The van der Waals surface area contributed by atoms with E-state index in [1.54, 1.807) is 13.0 Å². The van der Waals surface area contributed by atoms with Gasteiger partial charge in [-0.25, -0.2) is 4.39 Å². The van der Waals surface area contributed by atoms with Crippen molar-refractivity contribution >= 4 is 0 Å². The molecular weight excluding hydrogens is 261 g/mol. The molecule has 6 heteroatoms. The second-order valence-electron chi connectivity index (χ2n) is 4.60. The lowest BCUT2D eigenvalue weighted by molar-refractivity contribution is 0.247. The Hall–Kier alpha value is -1.95. The third-order valence-corrected chi connectivity index (χ3v) is 2.96. The molecule has 1 aromatic heterocycles. The van der Waals surface area contributed by atoms with E-state index < -0.39 is 5.82 Å². The van der Waals surface area contributed by atoms with Crippen molar-refractivity contribution in [1.82, 2.24) is 10.2 Å². The molecule has 0 fully saturated rings. The van der Waals surface area contributed by atoms with Crippen LogP contribution in [0.2, 0.25) is 0 Å². The van der Waals surface area contributed by atoms with E-state index in [0.717, 1.165) is 12.0 Å². The number of hydrogen-bond acceptors (Lipinski definition) is 5. The van der Waals surface area contributed by atoms with E-state index in [9.17, 15) is 4.39 Å². The molecule has 0 radical (unpaired) electrons. The molecule has 0 amide bonds. The van der Waals surface area contributed by atoms with Crippen LogP contribution in [0.5, 0.6) is 5.75 Å². The molecule has 0 bridgehead atoms. The maximum atomic E-state index is 13.9. The predicted octanol–water partition coefficient (Wildman–Crippen LogP) is 2.38. The molecule has 0 aliphatic rings. The van der Waals surface area contributed by atoms with E-state index in [0.29, 0.717) is 18.2 Å². The van der Waals surface area contributed by atoms with E-state index in [2.05, 4.69) is 10.2 Å². The summed E-state index contributed by atoms with van der Waals surface area (Å²) in [7, 11) is 0. The minimum absolute atomic E-state index is 0.0233. The maximum Gasteiger partial charge on any atom is 0.253 e. The Morgan fingerprint density at radius 2 is 2.20 bits per heavy atom. The Morgan fingerprint density at radius 1 is 1.40 bits per heavy atom. The van der Waals surface area contributed by atoms with E-state index >= 15 is 0 Å². The molecule has 2 rings (SSSR count). The van der Waals surface area contributed by atoms with Gasteiger partial charge >= 0.3 is 0 Å². The summed E-state index contributed by atoms with van der Waals surface area (Å²) in [6.45, 7) is 3.72. The first kappa shape index (κ1) is 14.5. The molecule has 20 heavy (non-hydrogen) atoms. The summed E-state index contributed by atoms with van der Waals surface area (Å²) in [5.74, 6) is 0.552. The molecule has 108 valence electrons. The molecule has 1 heterocycles. The molecule has 1 atom stereocenters. The summed E-state index contributed by atoms with van der Waals surface area (Å²) < 4.78 is 24.6. The number of para-hydroxylation sites is 1. The number of nitrogens with two attached hydrogens (primary N) is 1. The van der Waals surface area contributed by atoms with Gasteiger partial charge in [-0.15, -0.1) is 10.2 Å². The molecule has 0 saturated heterocycles. The van der Waals surface area contributed by atoms with Gasteiger partial charge in [0.05, 0.1) is 0 Å². The van der Waals surface area contributed by atoms with Crippen molar-refractivity contribution in [2.24, 2.45) is 5.73 Å². The Bertz CT molecular complexity index is 571. The zero-order valence-electron chi connectivity index (χ0n) is 11.6. The normalized spacial score (nSPS) is 12.4. The lowest BCUT2D eigenvalue weighted by atomic mass is 10.0. The number of aryl methyl sites for hydroxylation is 1. The summed E-state index contributed by atoms with van der Waals surface area (Å²) in [6, 6.07) is 4.80. The highest BCUT2D eigenvalue weighted by Crippen LogP contribution is 2.25. The van der Waals surface area contributed by atoms with Crippen molar-refractivity contribution in [3.63, 3.8) is 0 Å². The zero-order chi connectivity index (χ0) is 14.5. The predicted molar refractivity (Wildman–Crippen MR) is 71.7 cm³/mol. The van der Waals surface area contributed by atoms with Crippen molar-refractivity contribution in [2.75, 3.05) is 0 Å². The van der Waals surface area contributed by atoms with E-state index in [4.69, 9.17) is 14.9 Å². The second-order valence-corrected chi connectivity index (χ2v) is 4.60. The molecule has 2 N–H and O–H groups in total. The van der Waals surface area contributed by atoms with Crippen molar-refractivity contribution in [1.29, 1.82) is 0 Å². The van der Waals surface area contributed by atoms with Crippen molar-refractivity contribution < 1.29 is 13.5 Å². The smallest absolute Gasteiger partial charge is 0.253 e. The summed E-state index contributed by atoms with van der Waals surface area (Å²) in [4.78, 5) is 0. The SMILES string of the molecule is CCC(N)Cc1cccc(F)c1OCc1nnc(C)o1. The summed E-state index contributed by atoms with van der Waals surface area (Å²) >= 11 is 0. The van der Waals surface area contributed by atoms with Gasteiger partial charge in [-0.2, -0.15) is 0 Å². The van der Waals surface area contributed by atoms with Gasteiger partial charge in [-0.05, 0) is 24.5 Å². The highest BCUT2D eigenvalue weighted by Gasteiger charge is 2.14. The molecule has 0 spiro atoms. The average Bonchev–Trinajstić information content (AvgIpc) is 2.83. The molecule has 0 saturated carbocycles. The Balaban J connectivity index is 2.12.